The summed E-state index contributed by atoms with van der Waals surface area (Å²) in [5, 5.41) is 13.1. The number of hydrogen-bond donors (Lipinski definition) is 3. The summed E-state index contributed by atoms with van der Waals surface area (Å²) < 4.78 is 18.8. The Hall–Kier alpha value is -1.49. The Morgan fingerprint density at radius 1 is 1.47 bits per heavy atom. The summed E-state index contributed by atoms with van der Waals surface area (Å²) in [5.41, 5.74) is 5.24. The minimum Gasteiger partial charge on any atom is -0.495 e. The van der Waals surface area contributed by atoms with Gasteiger partial charge in [-0.2, -0.15) is 0 Å². The number of aliphatic hydroxyl groups is 1. The first-order valence-corrected chi connectivity index (χ1v) is 6.34. The van der Waals surface area contributed by atoms with Crippen LogP contribution >= 0.6 is 0 Å². The normalized spacial score (nSPS) is 14.3. The van der Waals surface area contributed by atoms with Crippen LogP contribution in [-0.2, 0) is 0 Å². The van der Waals surface area contributed by atoms with Crippen LogP contribution in [0.5, 0.6) is 5.75 Å². The van der Waals surface area contributed by atoms with Gasteiger partial charge in [0.1, 0.15) is 11.6 Å². The summed E-state index contributed by atoms with van der Waals surface area (Å²) in [6, 6.07) is 2.70. The van der Waals surface area contributed by atoms with Gasteiger partial charge in [-0.25, -0.2) is 4.39 Å². The summed E-state index contributed by atoms with van der Waals surface area (Å²) in [6.45, 7) is 6.05. The zero-order valence-corrected chi connectivity index (χ0v) is 12.0. The van der Waals surface area contributed by atoms with Crippen molar-refractivity contribution in [2.75, 3.05) is 24.7 Å². The van der Waals surface area contributed by atoms with Gasteiger partial charge in [-0.15, -0.1) is 0 Å². The lowest BCUT2D eigenvalue weighted by molar-refractivity contribution is 0.0515. The molecule has 4 N–H and O–H groups in total. The summed E-state index contributed by atoms with van der Waals surface area (Å²) >= 11 is 0. The van der Waals surface area contributed by atoms with E-state index < -0.39 is 11.4 Å². The van der Waals surface area contributed by atoms with Crippen LogP contribution in [0.3, 0.4) is 0 Å². The van der Waals surface area contributed by atoms with Crippen molar-refractivity contribution in [3.05, 3.63) is 17.9 Å². The highest BCUT2D eigenvalue weighted by molar-refractivity contribution is 5.62. The standard InChI is InChI=1S/C14H23FN2O2/c1-9(2)7-14(3,18)8-17-12-6-13(19-4)11(16)5-10(12)15/h5-6,9,17-18H,7-8,16H2,1-4H3. The lowest BCUT2D eigenvalue weighted by Crippen LogP contribution is -2.35. The van der Waals surface area contributed by atoms with Crippen LogP contribution < -0.4 is 15.8 Å². The van der Waals surface area contributed by atoms with E-state index in [-0.39, 0.29) is 17.9 Å². The van der Waals surface area contributed by atoms with Crippen LogP contribution in [-0.4, -0.2) is 24.4 Å². The largest absolute Gasteiger partial charge is 0.495 e. The van der Waals surface area contributed by atoms with Crippen LogP contribution in [0.15, 0.2) is 12.1 Å². The molecule has 1 rings (SSSR count). The second kappa shape index (κ2) is 6.10. The van der Waals surface area contributed by atoms with Crippen molar-refractivity contribution in [2.45, 2.75) is 32.8 Å². The van der Waals surface area contributed by atoms with Crippen LogP contribution in [0.4, 0.5) is 15.8 Å². The van der Waals surface area contributed by atoms with Gasteiger partial charge in [0.25, 0.3) is 0 Å². The molecule has 1 aromatic carbocycles. The average Bonchev–Trinajstić information content (AvgIpc) is 2.26. The molecule has 0 spiro atoms. The molecule has 0 aliphatic rings. The smallest absolute Gasteiger partial charge is 0.148 e. The van der Waals surface area contributed by atoms with Crippen molar-refractivity contribution in [3.63, 3.8) is 0 Å². The molecule has 1 atom stereocenters. The number of hydrogen-bond acceptors (Lipinski definition) is 4. The Bertz CT molecular complexity index is 434. The molecule has 19 heavy (non-hydrogen) atoms. The van der Waals surface area contributed by atoms with Crippen molar-refractivity contribution in [2.24, 2.45) is 5.92 Å². The molecule has 4 nitrogen and oxygen atoms in total. The molecule has 0 fully saturated rings. The Balaban J connectivity index is 2.77. The van der Waals surface area contributed by atoms with E-state index >= 15 is 0 Å². The van der Waals surface area contributed by atoms with Crippen LogP contribution in [0.2, 0.25) is 0 Å². The fourth-order valence-electron chi connectivity index (χ4n) is 2.12. The van der Waals surface area contributed by atoms with E-state index in [1.165, 1.54) is 19.2 Å². The molecule has 1 aromatic rings. The molecule has 5 heteroatoms. The zero-order valence-electron chi connectivity index (χ0n) is 12.0. The molecular formula is C14H23FN2O2. The molecule has 0 radical (unpaired) electrons. The van der Waals surface area contributed by atoms with Crippen molar-refractivity contribution in [1.29, 1.82) is 0 Å². The maximum atomic E-state index is 13.7. The van der Waals surface area contributed by atoms with E-state index in [1.807, 2.05) is 13.8 Å². The molecule has 0 aliphatic carbocycles. The second-order valence-corrected chi connectivity index (χ2v) is 5.52. The van der Waals surface area contributed by atoms with Gasteiger partial charge in [-0.1, -0.05) is 13.8 Å². The number of ether oxygens (including phenoxy) is 1. The predicted octanol–water partition coefficient (Wildman–Crippen LogP) is 2.63. The van der Waals surface area contributed by atoms with Gasteiger partial charge < -0.3 is 20.9 Å². The predicted molar refractivity (Wildman–Crippen MR) is 75.9 cm³/mol. The van der Waals surface area contributed by atoms with E-state index in [4.69, 9.17) is 10.5 Å². The van der Waals surface area contributed by atoms with E-state index in [2.05, 4.69) is 5.32 Å². The minimum atomic E-state index is -0.894. The molecule has 0 amide bonds. The minimum absolute atomic E-state index is 0.250. The molecule has 0 bridgehead atoms. The number of rotatable bonds is 6. The number of nitrogen functional groups attached to an aromatic ring is 1. The lowest BCUT2D eigenvalue weighted by atomic mass is 9.94. The highest BCUT2D eigenvalue weighted by Crippen LogP contribution is 2.28. The summed E-state index contributed by atoms with van der Waals surface area (Å²) in [6.07, 6.45) is 0.633. The first-order valence-electron chi connectivity index (χ1n) is 6.34. The average molecular weight is 270 g/mol. The Morgan fingerprint density at radius 2 is 2.11 bits per heavy atom. The van der Waals surface area contributed by atoms with Gasteiger partial charge in [-0.05, 0) is 19.3 Å². The van der Waals surface area contributed by atoms with Crippen molar-refractivity contribution in [3.8, 4) is 5.75 Å². The third-order valence-corrected chi connectivity index (χ3v) is 2.83. The summed E-state index contributed by atoms with van der Waals surface area (Å²) in [5.74, 6) is 0.314. The van der Waals surface area contributed by atoms with Crippen LogP contribution in [0, 0.1) is 11.7 Å². The molecule has 0 saturated heterocycles. The second-order valence-electron chi connectivity index (χ2n) is 5.52. The topological polar surface area (TPSA) is 67.5 Å². The van der Waals surface area contributed by atoms with E-state index in [1.54, 1.807) is 6.92 Å². The highest BCUT2D eigenvalue weighted by Gasteiger charge is 2.22. The van der Waals surface area contributed by atoms with Gasteiger partial charge in [-0.3, -0.25) is 0 Å². The van der Waals surface area contributed by atoms with Crippen molar-refractivity contribution >= 4 is 11.4 Å². The molecular weight excluding hydrogens is 247 g/mol. The summed E-state index contributed by atoms with van der Waals surface area (Å²) in [4.78, 5) is 0. The number of halogens is 1. The van der Waals surface area contributed by atoms with E-state index in [9.17, 15) is 9.50 Å². The van der Waals surface area contributed by atoms with Gasteiger partial charge in [0, 0.05) is 18.7 Å². The van der Waals surface area contributed by atoms with Gasteiger partial charge in [0.15, 0.2) is 0 Å². The fourth-order valence-corrected chi connectivity index (χ4v) is 2.12. The first-order chi connectivity index (χ1) is 8.75. The maximum absolute atomic E-state index is 13.7. The quantitative estimate of drug-likeness (QED) is 0.695. The number of nitrogens with one attached hydrogen (secondary N) is 1. The molecule has 0 aliphatic heterocycles. The number of nitrogens with two attached hydrogens (primary N) is 1. The van der Waals surface area contributed by atoms with Gasteiger partial charge >= 0.3 is 0 Å². The third-order valence-electron chi connectivity index (χ3n) is 2.83. The van der Waals surface area contributed by atoms with Gasteiger partial charge in [0.2, 0.25) is 0 Å². The van der Waals surface area contributed by atoms with Gasteiger partial charge in [0.05, 0.1) is 24.1 Å². The third kappa shape index (κ3) is 4.59. The zero-order chi connectivity index (χ0) is 14.6. The summed E-state index contributed by atoms with van der Waals surface area (Å²) in [7, 11) is 1.47. The van der Waals surface area contributed by atoms with Crippen molar-refractivity contribution in [1.82, 2.24) is 0 Å². The molecule has 0 saturated carbocycles. The van der Waals surface area contributed by atoms with E-state index in [0.29, 0.717) is 18.1 Å². The van der Waals surface area contributed by atoms with Crippen LogP contribution in [0.1, 0.15) is 27.2 Å². The number of methoxy groups -OCH3 is 1. The Labute approximate surface area is 113 Å². The Morgan fingerprint density at radius 3 is 2.63 bits per heavy atom. The molecule has 0 heterocycles. The highest BCUT2D eigenvalue weighted by atomic mass is 19.1. The maximum Gasteiger partial charge on any atom is 0.148 e. The van der Waals surface area contributed by atoms with Crippen LogP contribution in [0.25, 0.3) is 0 Å². The number of benzene rings is 1. The van der Waals surface area contributed by atoms with Crippen molar-refractivity contribution < 1.29 is 14.2 Å². The lowest BCUT2D eigenvalue weighted by Gasteiger charge is -2.26. The monoisotopic (exact) mass is 270 g/mol. The van der Waals surface area contributed by atoms with E-state index in [0.717, 1.165) is 0 Å². The molecule has 1 unspecified atom stereocenters. The SMILES string of the molecule is COc1cc(NCC(C)(O)CC(C)C)c(F)cc1N. The molecule has 0 aromatic heterocycles. The number of anilines is 2. The first kappa shape index (κ1) is 15.6. The molecule has 108 valence electrons. The Kier molecular flexibility index (Phi) is 5.00. The fraction of sp³-hybridized carbons (Fsp3) is 0.571.